The van der Waals surface area contributed by atoms with Crippen molar-refractivity contribution in [1.29, 1.82) is 0 Å². The van der Waals surface area contributed by atoms with E-state index in [4.69, 9.17) is 21.1 Å². The van der Waals surface area contributed by atoms with E-state index in [1.807, 2.05) is 19.9 Å². The number of nitrogens with one attached hydrogen (secondary N) is 3. The first-order valence-corrected chi connectivity index (χ1v) is 12.4. The molecule has 3 amide bonds. The molecule has 2 heterocycles. The molecule has 0 fully saturated rings. The molecule has 0 aliphatic carbocycles. The fraction of sp³-hybridized carbons (Fsp3) is 0.385. The van der Waals surface area contributed by atoms with Gasteiger partial charge in [-0.15, -0.1) is 0 Å². The summed E-state index contributed by atoms with van der Waals surface area (Å²) >= 11 is 6.12. The van der Waals surface area contributed by atoms with E-state index in [1.54, 1.807) is 37.6 Å². The van der Waals surface area contributed by atoms with Gasteiger partial charge in [0.05, 0.1) is 13.5 Å². The molecule has 0 saturated carbocycles. The molecule has 0 bridgehead atoms. The summed E-state index contributed by atoms with van der Waals surface area (Å²) in [5, 5.41) is 7.48. The summed E-state index contributed by atoms with van der Waals surface area (Å²) in [7, 11) is 1.54. The van der Waals surface area contributed by atoms with Crippen LogP contribution < -0.4 is 25.5 Å². The lowest BCUT2D eigenvalue weighted by molar-refractivity contribution is -0.133. The standard InChI is InChI=1S/C26H32ClN5O5/c1-4-28-24(34)16-37-22-8-7-20(27)12-19(22)14-30-23(33)13-21-17(2)9-11-32(26(21)35)31-15-18-6-5-10-29-25(18)36-3/h5-8,10,12,31H,4,9,11,13-16H2,1-3H3,(H,28,34)(H,30,33). The van der Waals surface area contributed by atoms with Crippen molar-refractivity contribution < 1.29 is 23.9 Å². The first kappa shape index (κ1) is 27.9. The van der Waals surface area contributed by atoms with E-state index < -0.39 is 0 Å². The molecule has 0 saturated heterocycles. The molecule has 1 aromatic heterocycles. The average Bonchev–Trinajstić information content (AvgIpc) is 2.89. The van der Waals surface area contributed by atoms with E-state index in [9.17, 15) is 14.4 Å². The van der Waals surface area contributed by atoms with Gasteiger partial charge in [0.1, 0.15) is 5.75 Å². The Kier molecular flexibility index (Phi) is 10.3. The zero-order valence-corrected chi connectivity index (χ0v) is 22.0. The molecular formula is C26H32ClN5O5. The highest BCUT2D eigenvalue weighted by molar-refractivity contribution is 6.30. The largest absolute Gasteiger partial charge is 0.483 e. The summed E-state index contributed by atoms with van der Waals surface area (Å²) in [6, 6.07) is 8.64. The number of carbonyl (C=O) groups excluding carboxylic acids is 3. The maximum atomic E-state index is 13.1. The molecule has 0 spiro atoms. The van der Waals surface area contributed by atoms with Gasteiger partial charge in [0.15, 0.2) is 6.61 Å². The van der Waals surface area contributed by atoms with Crippen LogP contribution in [0.3, 0.4) is 0 Å². The Morgan fingerprint density at radius 2 is 1.95 bits per heavy atom. The van der Waals surface area contributed by atoms with Gasteiger partial charge in [-0.25, -0.2) is 10.4 Å². The molecule has 198 valence electrons. The predicted molar refractivity (Wildman–Crippen MR) is 139 cm³/mol. The number of rotatable bonds is 12. The van der Waals surface area contributed by atoms with Crippen LogP contribution in [0.4, 0.5) is 0 Å². The van der Waals surface area contributed by atoms with Crippen molar-refractivity contribution in [2.45, 2.75) is 39.8 Å². The summed E-state index contributed by atoms with van der Waals surface area (Å²) in [4.78, 5) is 41.8. The average molecular weight is 530 g/mol. The molecule has 3 rings (SSSR count). The number of methoxy groups -OCH3 is 1. The number of nitrogens with zero attached hydrogens (tertiary/aromatic N) is 2. The Labute approximate surface area is 221 Å². The van der Waals surface area contributed by atoms with E-state index >= 15 is 0 Å². The Hall–Kier alpha value is -3.63. The summed E-state index contributed by atoms with van der Waals surface area (Å²) in [6.07, 6.45) is 2.23. The topological polar surface area (TPSA) is 122 Å². The lowest BCUT2D eigenvalue weighted by atomic mass is 9.98. The van der Waals surface area contributed by atoms with Crippen molar-refractivity contribution in [3.05, 3.63) is 63.8 Å². The Bertz CT molecular complexity index is 1170. The van der Waals surface area contributed by atoms with Gasteiger partial charge < -0.3 is 20.1 Å². The van der Waals surface area contributed by atoms with Gasteiger partial charge in [-0.05, 0) is 44.5 Å². The highest BCUT2D eigenvalue weighted by Crippen LogP contribution is 2.24. The number of likely N-dealkylation sites (N-methyl/N-ethyl adjacent to an activating group) is 1. The zero-order valence-electron chi connectivity index (χ0n) is 21.2. The fourth-order valence-corrected chi connectivity index (χ4v) is 4.01. The Balaban J connectivity index is 1.58. The van der Waals surface area contributed by atoms with Crippen LogP contribution in [0.2, 0.25) is 5.02 Å². The van der Waals surface area contributed by atoms with Crippen molar-refractivity contribution >= 4 is 29.3 Å². The number of carbonyl (C=O) groups is 3. The number of halogens is 1. The highest BCUT2D eigenvalue weighted by Gasteiger charge is 2.27. The van der Waals surface area contributed by atoms with Gasteiger partial charge in [-0.2, -0.15) is 0 Å². The minimum Gasteiger partial charge on any atom is -0.483 e. The van der Waals surface area contributed by atoms with E-state index in [-0.39, 0.29) is 37.3 Å². The molecule has 0 radical (unpaired) electrons. The van der Waals surface area contributed by atoms with Crippen LogP contribution in [0.25, 0.3) is 0 Å². The van der Waals surface area contributed by atoms with Gasteiger partial charge in [-0.3, -0.25) is 19.4 Å². The quantitative estimate of drug-likeness (QED) is 0.386. The monoisotopic (exact) mass is 529 g/mol. The molecule has 3 N–H and O–H groups in total. The zero-order chi connectivity index (χ0) is 26.8. The lowest BCUT2D eigenvalue weighted by Crippen LogP contribution is -2.47. The number of hydrogen-bond acceptors (Lipinski definition) is 7. The highest BCUT2D eigenvalue weighted by atomic mass is 35.5. The Morgan fingerprint density at radius 3 is 2.70 bits per heavy atom. The number of hydrazine groups is 1. The van der Waals surface area contributed by atoms with E-state index in [1.165, 1.54) is 5.01 Å². The van der Waals surface area contributed by atoms with Crippen molar-refractivity contribution in [3.63, 3.8) is 0 Å². The number of ether oxygens (including phenoxy) is 2. The van der Waals surface area contributed by atoms with Crippen LogP contribution >= 0.6 is 11.6 Å². The first-order chi connectivity index (χ1) is 17.8. The summed E-state index contributed by atoms with van der Waals surface area (Å²) in [5.74, 6) is 0.136. The van der Waals surface area contributed by atoms with Gasteiger partial charge >= 0.3 is 0 Å². The van der Waals surface area contributed by atoms with Gasteiger partial charge in [-0.1, -0.05) is 23.2 Å². The summed E-state index contributed by atoms with van der Waals surface area (Å²) in [6.45, 7) is 5.03. The Morgan fingerprint density at radius 1 is 1.14 bits per heavy atom. The fourth-order valence-electron chi connectivity index (χ4n) is 3.81. The molecule has 0 atom stereocenters. The van der Waals surface area contributed by atoms with E-state index in [0.29, 0.717) is 53.8 Å². The third-order valence-electron chi connectivity index (χ3n) is 5.80. The molecule has 2 aromatic rings. The maximum Gasteiger partial charge on any atom is 0.264 e. The van der Waals surface area contributed by atoms with Gasteiger partial charge in [0, 0.05) is 54.1 Å². The first-order valence-electron chi connectivity index (χ1n) is 12.0. The smallest absolute Gasteiger partial charge is 0.264 e. The van der Waals surface area contributed by atoms with Crippen molar-refractivity contribution in [2.24, 2.45) is 0 Å². The van der Waals surface area contributed by atoms with Crippen molar-refractivity contribution in [3.8, 4) is 11.6 Å². The second-order valence-corrected chi connectivity index (χ2v) is 8.86. The third kappa shape index (κ3) is 7.93. The van der Waals surface area contributed by atoms with Crippen LogP contribution in [-0.2, 0) is 27.5 Å². The second-order valence-electron chi connectivity index (χ2n) is 8.42. The van der Waals surface area contributed by atoms with Crippen LogP contribution in [-0.4, -0.2) is 54.5 Å². The second kappa shape index (κ2) is 13.6. The van der Waals surface area contributed by atoms with E-state index in [2.05, 4.69) is 21.0 Å². The number of hydrogen-bond donors (Lipinski definition) is 3. The minimum absolute atomic E-state index is 0.0608. The molecule has 37 heavy (non-hydrogen) atoms. The minimum atomic E-state index is -0.312. The predicted octanol–water partition coefficient (Wildman–Crippen LogP) is 2.52. The third-order valence-corrected chi connectivity index (χ3v) is 6.04. The SMILES string of the molecule is CCNC(=O)COc1ccc(Cl)cc1CNC(=O)CC1=C(C)CCN(NCc2cccnc2OC)C1=O. The van der Waals surface area contributed by atoms with Crippen LogP contribution in [0.15, 0.2) is 47.7 Å². The molecule has 0 unspecified atom stereocenters. The summed E-state index contributed by atoms with van der Waals surface area (Å²) in [5.41, 5.74) is 5.90. The van der Waals surface area contributed by atoms with Crippen LogP contribution in [0.5, 0.6) is 11.6 Å². The van der Waals surface area contributed by atoms with Gasteiger partial charge in [0.25, 0.3) is 11.8 Å². The molecule has 1 aromatic carbocycles. The molecule has 1 aliphatic rings. The molecular weight excluding hydrogens is 498 g/mol. The lowest BCUT2D eigenvalue weighted by Gasteiger charge is -2.30. The normalized spacial score (nSPS) is 13.4. The van der Waals surface area contributed by atoms with Crippen molar-refractivity contribution in [2.75, 3.05) is 26.8 Å². The molecule has 11 heteroatoms. The maximum absolute atomic E-state index is 13.1. The van der Waals surface area contributed by atoms with Crippen LogP contribution in [0.1, 0.15) is 37.8 Å². The number of pyridine rings is 1. The summed E-state index contributed by atoms with van der Waals surface area (Å²) < 4.78 is 10.9. The number of aromatic nitrogens is 1. The van der Waals surface area contributed by atoms with E-state index in [0.717, 1.165) is 11.1 Å². The van der Waals surface area contributed by atoms with Gasteiger partial charge in [0.2, 0.25) is 11.8 Å². The number of benzene rings is 1. The molecule has 10 nitrogen and oxygen atoms in total. The number of amides is 3. The molecule has 1 aliphatic heterocycles. The van der Waals surface area contributed by atoms with Crippen molar-refractivity contribution in [1.82, 2.24) is 26.1 Å². The van der Waals surface area contributed by atoms with Crippen LogP contribution in [0, 0.1) is 0 Å².